The van der Waals surface area contributed by atoms with Crippen molar-refractivity contribution in [2.24, 2.45) is 10.9 Å². The Kier molecular flexibility index (Phi) is 4.03. The Morgan fingerprint density at radius 3 is 2.92 bits per heavy atom. The third-order valence-electron chi connectivity index (χ3n) is 4.67. The van der Waals surface area contributed by atoms with Crippen LogP contribution in [0.4, 0.5) is 5.82 Å². The molecule has 0 bridgehead atoms. The average Bonchev–Trinajstić information content (AvgIpc) is 3.31. The van der Waals surface area contributed by atoms with Crippen LogP contribution < -0.4 is 10.0 Å². The van der Waals surface area contributed by atoms with Gasteiger partial charge in [-0.1, -0.05) is 12.1 Å². The minimum Gasteiger partial charge on any atom is -0.309 e. The maximum Gasteiger partial charge on any atom is 0.263 e. The summed E-state index contributed by atoms with van der Waals surface area (Å²) in [6.07, 6.45) is 4.02. The molecule has 1 aromatic heterocycles. The Morgan fingerprint density at radius 1 is 1.38 bits per heavy atom. The van der Waals surface area contributed by atoms with Crippen molar-refractivity contribution in [3.63, 3.8) is 0 Å². The van der Waals surface area contributed by atoms with E-state index < -0.39 is 10.0 Å². The van der Waals surface area contributed by atoms with E-state index in [2.05, 4.69) is 27.1 Å². The lowest BCUT2D eigenvalue weighted by Gasteiger charge is -2.15. The van der Waals surface area contributed by atoms with Crippen molar-refractivity contribution in [1.82, 2.24) is 14.5 Å². The zero-order valence-electron chi connectivity index (χ0n) is 14.2. The molecule has 0 unspecified atom stereocenters. The number of amidine groups is 1. The SMILES string of the molecule is C[C@H](C1CC1)n1nccc1NC(=O)CN=C1NS(=O)(=O)c2ccccc21. The van der Waals surface area contributed by atoms with Gasteiger partial charge in [-0.05, 0) is 37.8 Å². The highest BCUT2D eigenvalue weighted by Crippen LogP contribution is 2.40. The summed E-state index contributed by atoms with van der Waals surface area (Å²) in [4.78, 5) is 16.6. The standard InChI is InChI=1S/C17H19N5O3S/c1-11(12-6-7-12)22-15(8-9-19-22)20-16(23)10-18-17-13-4-2-3-5-14(13)26(24,25)21-17/h2-5,8-9,11-12H,6-7,10H2,1H3,(H,18,21)(H,20,23)/t11-/m1/s1. The zero-order valence-corrected chi connectivity index (χ0v) is 15.0. The molecule has 0 radical (unpaired) electrons. The molecule has 1 atom stereocenters. The van der Waals surface area contributed by atoms with Crippen molar-refractivity contribution in [2.75, 3.05) is 11.9 Å². The zero-order chi connectivity index (χ0) is 18.3. The Balaban J connectivity index is 1.47. The minimum atomic E-state index is -3.60. The van der Waals surface area contributed by atoms with Crippen LogP contribution in [0.25, 0.3) is 0 Å². The molecule has 1 aromatic carbocycles. The van der Waals surface area contributed by atoms with Gasteiger partial charge in [0.2, 0.25) is 5.91 Å². The van der Waals surface area contributed by atoms with Crippen molar-refractivity contribution < 1.29 is 13.2 Å². The van der Waals surface area contributed by atoms with Crippen molar-refractivity contribution in [2.45, 2.75) is 30.7 Å². The fourth-order valence-electron chi connectivity index (χ4n) is 3.10. The number of carbonyl (C=O) groups is 1. The number of benzene rings is 1. The summed E-state index contributed by atoms with van der Waals surface area (Å²) in [7, 11) is -3.60. The number of hydrogen-bond acceptors (Lipinski definition) is 5. The lowest BCUT2D eigenvalue weighted by atomic mass is 10.2. The summed E-state index contributed by atoms with van der Waals surface area (Å²) in [5.41, 5.74) is 0.479. The van der Waals surface area contributed by atoms with E-state index >= 15 is 0 Å². The topological polar surface area (TPSA) is 105 Å². The van der Waals surface area contributed by atoms with Crippen molar-refractivity contribution >= 4 is 27.6 Å². The van der Waals surface area contributed by atoms with Gasteiger partial charge in [0.15, 0.2) is 0 Å². The molecule has 1 saturated carbocycles. The Hall–Kier alpha value is -2.68. The number of carbonyl (C=O) groups excluding carboxylic acids is 1. The van der Waals surface area contributed by atoms with Crippen LogP contribution in [-0.4, -0.2) is 36.5 Å². The van der Waals surface area contributed by atoms with Crippen LogP contribution in [0.15, 0.2) is 46.4 Å². The molecule has 4 rings (SSSR count). The number of aliphatic imine (C=N–C) groups is 1. The van der Waals surface area contributed by atoms with Crippen LogP contribution in [0.5, 0.6) is 0 Å². The van der Waals surface area contributed by atoms with E-state index in [9.17, 15) is 13.2 Å². The second kappa shape index (κ2) is 6.24. The maximum atomic E-state index is 12.3. The summed E-state index contributed by atoms with van der Waals surface area (Å²) in [6, 6.07) is 8.54. The van der Waals surface area contributed by atoms with Crippen molar-refractivity contribution in [3.05, 3.63) is 42.1 Å². The van der Waals surface area contributed by atoms with Crippen LogP contribution in [0.2, 0.25) is 0 Å². The van der Waals surface area contributed by atoms with E-state index in [-0.39, 0.29) is 29.2 Å². The number of anilines is 1. The van der Waals surface area contributed by atoms with Gasteiger partial charge in [-0.3, -0.25) is 14.5 Å². The molecule has 2 aromatic rings. The monoisotopic (exact) mass is 373 g/mol. The summed E-state index contributed by atoms with van der Waals surface area (Å²) in [5, 5.41) is 7.09. The molecule has 1 aliphatic heterocycles. The first kappa shape index (κ1) is 16.8. The Labute approximate surface area is 151 Å². The fraction of sp³-hybridized carbons (Fsp3) is 0.353. The van der Waals surface area contributed by atoms with Gasteiger partial charge >= 0.3 is 0 Å². The van der Waals surface area contributed by atoms with E-state index in [1.807, 2.05) is 4.68 Å². The van der Waals surface area contributed by atoms with Gasteiger partial charge in [-0.2, -0.15) is 5.10 Å². The largest absolute Gasteiger partial charge is 0.309 e. The van der Waals surface area contributed by atoms with E-state index in [1.165, 1.54) is 18.9 Å². The van der Waals surface area contributed by atoms with E-state index in [0.717, 1.165) is 0 Å². The smallest absolute Gasteiger partial charge is 0.263 e. The number of hydrogen-bond donors (Lipinski definition) is 2. The van der Waals surface area contributed by atoms with Crippen LogP contribution >= 0.6 is 0 Å². The highest BCUT2D eigenvalue weighted by molar-refractivity contribution is 7.90. The molecule has 1 aliphatic carbocycles. The van der Waals surface area contributed by atoms with Gasteiger partial charge in [-0.15, -0.1) is 0 Å². The van der Waals surface area contributed by atoms with E-state index in [4.69, 9.17) is 0 Å². The molecule has 1 fully saturated rings. The van der Waals surface area contributed by atoms with E-state index in [1.54, 1.807) is 30.5 Å². The molecule has 0 saturated heterocycles. The van der Waals surface area contributed by atoms with Gasteiger partial charge in [0, 0.05) is 11.6 Å². The minimum absolute atomic E-state index is 0.176. The normalized spacial score (nSPS) is 20.4. The quantitative estimate of drug-likeness (QED) is 0.829. The van der Waals surface area contributed by atoms with Crippen LogP contribution in [0.3, 0.4) is 0 Å². The second-order valence-electron chi connectivity index (χ2n) is 6.55. The molecule has 26 heavy (non-hydrogen) atoms. The van der Waals surface area contributed by atoms with Crippen LogP contribution in [0, 0.1) is 5.92 Å². The molecule has 2 heterocycles. The van der Waals surface area contributed by atoms with Crippen LogP contribution in [0.1, 0.15) is 31.4 Å². The number of nitrogens with zero attached hydrogens (tertiary/aromatic N) is 3. The van der Waals surface area contributed by atoms with Gasteiger partial charge in [0.25, 0.3) is 10.0 Å². The summed E-state index contributed by atoms with van der Waals surface area (Å²) >= 11 is 0. The third kappa shape index (κ3) is 3.10. The molecule has 0 spiro atoms. The number of sulfonamides is 1. The number of nitrogens with one attached hydrogen (secondary N) is 2. The first-order valence-corrected chi connectivity index (χ1v) is 9.94. The highest BCUT2D eigenvalue weighted by atomic mass is 32.2. The third-order valence-corrected chi connectivity index (χ3v) is 6.07. The average molecular weight is 373 g/mol. The summed E-state index contributed by atoms with van der Waals surface area (Å²) < 4.78 is 28.3. The lowest BCUT2D eigenvalue weighted by molar-refractivity contribution is -0.114. The molecule has 8 nitrogen and oxygen atoms in total. The van der Waals surface area contributed by atoms with Gasteiger partial charge in [-0.25, -0.2) is 13.1 Å². The van der Waals surface area contributed by atoms with Gasteiger partial charge < -0.3 is 5.32 Å². The van der Waals surface area contributed by atoms with Crippen LogP contribution in [-0.2, 0) is 14.8 Å². The maximum absolute atomic E-state index is 12.3. The first-order valence-electron chi connectivity index (χ1n) is 8.46. The van der Waals surface area contributed by atoms with Crippen molar-refractivity contribution in [1.29, 1.82) is 0 Å². The first-order chi connectivity index (χ1) is 12.5. The van der Waals surface area contributed by atoms with Crippen molar-refractivity contribution in [3.8, 4) is 0 Å². The molecule has 9 heteroatoms. The number of fused-ring (bicyclic) bond motifs is 1. The van der Waals surface area contributed by atoms with Gasteiger partial charge in [0.1, 0.15) is 18.2 Å². The fourth-order valence-corrected chi connectivity index (χ4v) is 4.35. The molecule has 1 amide bonds. The number of aromatic nitrogens is 2. The highest BCUT2D eigenvalue weighted by Gasteiger charge is 2.31. The molecular weight excluding hydrogens is 354 g/mol. The summed E-state index contributed by atoms with van der Waals surface area (Å²) in [5.74, 6) is 1.10. The molecule has 2 N–H and O–H groups in total. The Morgan fingerprint density at radius 2 is 2.15 bits per heavy atom. The lowest BCUT2D eigenvalue weighted by Crippen LogP contribution is -2.25. The second-order valence-corrected chi connectivity index (χ2v) is 8.20. The number of amides is 1. The molecule has 2 aliphatic rings. The predicted octanol–water partition coefficient (Wildman–Crippen LogP) is 1.53. The van der Waals surface area contributed by atoms with E-state index in [0.29, 0.717) is 17.3 Å². The molecule has 136 valence electrons. The summed E-state index contributed by atoms with van der Waals surface area (Å²) in [6.45, 7) is 1.90. The number of rotatable bonds is 5. The molecular formula is C17H19N5O3S. The Bertz CT molecular complexity index is 991. The predicted molar refractivity (Wildman–Crippen MR) is 96.5 cm³/mol. The van der Waals surface area contributed by atoms with Gasteiger partial charge in [0.05, 0.1) is 17.1 Å².